The number of nitrogens with zero attached hydrogens (tertiary/aromatic N) is 1. The summed E-state index contributed by atoms with van der Waals surface area (Å²) >= 11 is 1.25. The Kier molecular flexibility index (Phi) is 4.35. The summed E-state index contributed by atoms with van der Waals surface area (Å²) in [4.78, 5) is 0. The molecule has 2 aromatic rings. The van der Waals surface area contributed by atoms with Crippen LogP contribution in [0.1, 0.15) is 31.1 Å². The second kappa shape index (κ2) is 6.02. The molecule has 0 bridgehead atoms. The van der Waals surface area contributed by atoms with E-state index in [2.05, 4.69) is 0 Å². The molecule has 0 radical (unpaired) electrons. The SMILES string of the molecule is Cc1ccc(C2CN(S(=O)(=O)c3cccs3)C(C)(C)CO2)cc1. The topological polar surface area (TPSA) is 46.6 Å². The fraction of sp³-hybridized carbons (Fsp3) is 0.412. The molecular weight excluding hydrogens is 330 g/mol. The molecule has 4 nitrogen and oxygen atoms in total. The molecule has 1 unspecified atom stereocenters. The normalized spacial score (nSPS) is 22.1. The zero-order valence-corrected chi connectivity index (χ0v) is 15.2. The highest BCUT2D eigenvalue weighted by Crippen LogP contribution is 2.35. The molecule has 1 aliphatic rings. The van der Waals surface area contributed by atoms with Crippen molar-refractivity contribution >= 4 is 21.4 Å². The lowest BCUT2D eigenvalue weighted by Gasteiger charge is -2.44. The monoisotopic (exact) mass is 351 g/mol. The predicted octanol–water partition coefficient (Wildman–Crippen LogP) is 3.60. The van der Waals surface area contributed by atoms with Crippen LogP contribution in [0, 0.1) is 6.92 Å². The first-order valence-corrected chi connectivity index (χ1v) is 9.87. The van der Waals surface area contributed by atoms with Crippen molar-refractivity contribution in [2.24, 2.45) is 0 Å². The Labute approximate surface area is 141 Å². The van der Waals surface area contributed by atoms with E-state index >= 15 is 0 Å². The van der Waals surface area contributed by atoms with Crippen LogP contribution in [0.25, 0.3) is 0 Å². The number of morpholine rings is 1. The average Bonchev–Trinajstić information content (AvgIpc) is 3.03. The van der Waals surface area contributed by atoms with Crippen LogP contribution in [-0.4, -0.2) is 31.4 Å². The second-order valence-electron chi connectivity index (χ2n) is 6.49. The molecule has 0 N–H and O–H groups in total. The van der Waals surface area contributed by atoms with Crippen LogP contribution in [0.5, 0.6) is 0 Å². The summed E-state index contributed by atoms with van der Waals surface area (Å²) in [6.45, 7) is 6.54. The number of sulfonamides is 1. The van der Waals surface area contributed by atoms with Crippen LogP contribution in [0.3, 0.4) is 0 Å². The number of rotatable bonds is 3. The molecule has 1 atom stereocenters. The highest BCUT2D eigenvalue weighted by Gasteiger charge is 2.43. The van der Waals surface area contributed by atoms with E-state index in [1.54, 1.807) is 21.8 Å². The molecule has 1 aromatic carbocycles. The summed E-state index contributed by atoms with van der Waals surface area (Å²) in [7, 11) is -3.50. The van der Waals surface area contributed by atoms with Gasteiger partial charge in [-0.1, -0.05) is 35.9 Å². The average molecular weight is 351 g/mol. The summed E-state index contributed by atoms with van der Waals surface area (Å²) in [6.07, 6.45) is -0.238. The summed E-state index contributed by atoms with van der Waals surface area (Å²) in [5.74, 6) is 0. The molecule has 1 aromatic heterocycles. The first kappa shape index (κ1) is 16.6. The van der Waals surface area contributed by atoms with Crippen LogP contribution in [0.2, 0.25) is 0 Å². The Balaban J connectivity index is 1.93. The lowest BCUT2D eigenvalue weighted by atomic mass is 10.0. The van der Waals surface area contributed by atoms with Gasteiger partial charge in [-0.15, -0.1) is 11.3 Å². The van der Waals surface area contributed by atoms with Crippen LogP contribution in [-0.2, 0) is 14.8 Å². The largest absolute Gasteiger partial charge is 0.370 e. The highest BCUT2D eigenvalue weighted by molar-refractivity contribution is 7.91. The van der Waals surface area contributed by atoms with Crippen molar-refractivity contribution in [1.29, 1.82) is 0 Å². The fourth-order valence-electron chi connectivity index (χ4n) is 2.75. The highest BCUT2D eigenvalue weighted by atomic mass is 32.2. The second-order valence-corrected chi connectivity index (χ2v) is 9.53. The van der Waals surface area contributed by atoms with Crippen molar-refractivity contribution in [3.8, 4) is 0 Å². The van der Waals surface area contributed by atoms with Gasteiger partial charge < -0.3 is 4.74 Å². The third-order valence-corrected chi connectivity index (χ3v) is 7.58. The van der Waals surface area contributed by atoms with Crippen molar-refractivity contribution in [1.82, 2.24) is 4.31 Å². The maximum absolute atomic E-state index is 13.0. The van der Waals surface area contributed by atoms with Gasteiger partial charge in [0.2, 0.25) is 0 Å². The summed E-state index contributed by atoms with van der Waals surface area (Å²) < 4.78 is 33.9. The first-order chi connectivity index (χ1) is 10.8. The van der Waals surface area contributed by atoms with Crippen molar-refractivity contribution in [3.63, 3.8) is 0 Å². The van der Waals surface area contributed by atoms with Gasteiger partial charge in [0, 0.05) is 6.54 Å². The van der Waals surface area contributed by atoms with Gasteiger partial charge >= 0.3 is 0 Å². The Morgan fingerprint density at radius 3 is 2.52 bits per heavy atom. The van der Waals surface area contributed by atoms with Crippen LogP contribution in [0.4, 0.5) is 0 Å². The minimum atomic E-state index is -3.50. The first-order valence-electron chi connectivity index (χ1n) is 7.55. The van der Waals surface area contributed by atoms with Crippen molar-refractivity contribution in [2.45, 2.75) is 36.6 Å². The molecule has 23 heavy (non-hydrogen) atoms. The molecule has 0 aliphatic carbocycles. The van der Waals surface area contributed by atoms with Gasteiger partial charge in [0.15, 0.2) is 0 Å². The van der Waals surface area contributed by atoms with Gasteiger partial charge in [-0.25, -0.2) is 8.42 Å². The van der Waals surface area contributed by atoms with Gasteiger partial charge in [0.05, 0.1) is 18.2 Å². The van der Waals surface area contributed by atoms with Gasteiger partial charge in [-0.05, 0) is 37.8 Å². The standard InChI is InChI=1S/C17H21NO3S2/c1-13-6-8-14(9-7-13)15-11-18(17(2,3)12-21-15)23(19,20)16-5-4-10-22-16/h4-10,15H,11-12H2,1-3H3. The number of ether oxygens (including phenoxy) is 1. The molecule has 0 amide bonds. The molecule has 3 rings (SSSR count). The summed E-state index contributed by atoms with van der Waals surface area (Å²) in [6, 6.07) is 11.5. The van der Waals surface area contributed by atoms with E-state index in [1.165, 1.54) is 16.9 Å². The zero-order chi connectivity index (χ0) is 16.7. The Morgan fingerprint density at radius 2 is 1.91 bits per heavy atom. The van der Waals surface area contributed by atoms with Crippen molar-refractivity contribution in [3.05, 3.63) is 52.9 Å². The molecule has 124 valence electrons. The van der Waals surface area contributed by atoms with Crippen LogP contribution in [0.15, 0.2) is 46.0 Å². The van der Waals surface area contributed by atoms with Crippen LogP contribution >= 0.6 is 11.3 Å². The summed E-state index contributed by atoms with van der Waals surface area (Å²) in [5.41, 5.74) is 1.62. The Morgan fingerprint density at radius 1 is 1.22 bits per heavy atom. The number of aryl methyl sites for hydroxylation is 1. The number of benzene rings is 1. The van der Waals surface area contributed by atoms with Gasteiger partial charge in [0.25, 0.3) is 10.0 Å². The molecule has 1 fully saturated rings. The maximum atomic E-state index is 13.0. The van der Waals surface area contributed by atoms with Gasteiger partial charge in [-0.3, -0.25) is 0 Å². The van der Waals surface area contributed by atoms with E-state index in [0.717, 1.165) is 5.56 Å². The van der Waals surface area contributed by atoms with Crippen molar-refractivity contribution < 1.29 is 13.2 Å². The molecule has 1 aliphatic heterocycles. The van der Waals surface area contributed by atoms with E-state index in [-0.39, 0.29) is 6.10 Å². The molecule has 2 heterocycles. The minimum Gasteiger partial charge on any atom is -0.370 e. The van der Waals surface area contributed by atoms with E-state index < -0.39 is 15.6 Å². The Hall–Kier alpha value is -1.21. The summed E-state index contributed by atoms with van der Waals surface area (Å²) in [5, 5.41) is 1.79. The number of hydrogen-bond acceptors (Lipinski definition) is 4. The third kappa shape index (κ3) is 3.21. The quantitative estimate of drug-likeness (QED) is 0.849. The lowest BCUT2D eigenvalue weighted by molar-refractivity contribution is -0.0654. The molecule has 0 saturated carbocycles. The van der Waals surface area contributed by atoms with Gasteiger partial charge in [0.1, 0.15) is 4.21 Å². The number of hydrogen-bond donors (Lipinski definition) is 0. The lowest BCUT2D eigenvalue weighted by Crippen LogP contribution is -2.55. The van der Waals surface area contributed by atoms with Crippen molar-refractivity contribution in [2.75, 3.05) is 13.2 Å². The predicted molar refractivity (Wildman–Crippen MR) is 92.2 cm³/mol. The third-order valence-electron chi connectivity index (χ3n) is 4.13. The Bertz CT molecular complexity index is 765. The van der Waals surface area contributed by atoms with Gasteiger partial charge in [-0.2, -0.15) is 4.31 Å². The van der Waals surface area contributed by atoms with E-state index in [0.29, 0.717) is 17.4 Å². The molecule has 0 spiro atoms. The van der Waals surface area contributed by atoms with Crippen LogP contribution < -0.4 is 0 Å². The zero-order valence-electron chi connectivity index (χ0n) is 13.5. The number of thiophene rings is 1. The molecule has 1 saturated heterocycles. The van der Waals surface area contributed by atoms with E-state index in [9.17, 15) is 8.42 Å². The molecular formula is C17H21NO3S2. The molecule has 6 heteroatoms. The maximum Gasteiger partial charge on any atom is 0.253 e. The fourth-order valence-corrected chi connectivity index (χ4v) is 5.63. The smallest absolute Gasteiger partial charge is 0.253 e. The minimum absolute atomic E-state index is 0.238. The van der Waals surface area contributed by atoms with E-state index in [4.69, 9.17) is 4.74 Å². The van der Waals surface area contributed by atoms with E-state index in [1.807, 2.05) is 45.0 Å².